The molecule has 0 amide bonds. The van der Waals surface area contributed by atoms with Gasteiger partial charge in [0.25, 0.3) is 0 Å². The topological polar surface area (TPSA) is 59.1 Å². The summed E-state index contributed by atoms with van der Waals surface area (Å²) in [6.07, 6.45) is 3.33. The molecule has 1 unspecified atom stereocenters. The number of pyridine rings is 1. The fourth-order valence-corrected chi connectivity index (χ4v) is 1.63. The van der Waals surface area contributed by atoms with Crippen molar-refractivity contribution >= 4 is 0 Å². The summed E-state index contributed by atoms with van der Waals surface area (Å²) in [5.74, 6) is -0.310. The molecule has 2 rings (SSSR count). The van der Waals surface area contributed by atoms with Crippen LogP contribution < -0.4 is 5.73 Å². The predicted octanol–water partition coefficient (Wildman–Crippen LogP) is 1.57. The van der Waals surface area contributed by atoms with Crippen molar-refractivity contribution in [2.45, 2.75) is 12.1 Å². The Labute approximate surface area is 98.7 Å². The third-order valence-corrected chi connectivity index (χ3v) is 2.55. The van der Waals surface area contributed by atoms with Gasteiger partial charge in [0.2, 0.25) is 0 Å². The van der Waals surface area contributed by atoms with Crippen LogP contribution in [0.15, 0.2) is 48.8 Å². The first-order valence-electron chi connectivity index (χ1n) is 5.24. The molecule has 2 aromatic rings. The Morgan fingerprint density at radius 2 is 1.94 bits per heavy atom. The van der Waals surface area contributed by atoms with E-state index in [0.29, 0.717) is 5.56 Å². The van der Waals surface area contributed by atoms with Crippen molar-refractivity contribution in [3.8, 4) is 0 Å². The SMILES string of the molecule is NC(O)(Cc1ccc(F)cc1)c1cccnc1. The molecule has 4 heteroatoms. The molecule has 17 heavy (non-hydrogen) atoms. The van der Waals surface area contributed by atoms with Crippen molar-refractivity contribution in [1.82, 2.24) is 4.98 Å². The summed E-state index contributed by atoms with van der Waals surface area (Å²) in [4.78, 5) is 3.91. The zero-order valence-corrected chi connectivity index (χ0v) is 9.18. The molecule has 1 aromatic carbocycles. The third-order valence-electron chi connectivity index (χ3n) is 2.55. The molecule has 1 heterocycles. The molecule has 3 N–H and O–H groups in total. The summed E-state index contributed by atoms with van der Waals surface area (Å²) >= 11 is 0. The first-order chi connectivity index (χ1) is 8.08. The summed E-state index contributed by atoms with van der Waals surface area (Å²) in [5.41, 5.74) is 5.63. The number of hydrogen-bond donors (Lipinski definition) is 2. The van der Waals surface area contributed by atoms with Gasteiger partial charge in [-0.25, -0.2) is 4.39 Å². The van der Waals surface area contributed by atoms with E-state index in [1.165, 1.54) is 18.3 Å². The van der Waals surface area contributed by atoms with Crippen LogP contribution in [0.5, 0.6) is 0 Å². The van der Waals surface area contributed by atoms with Gasteiger partial charge < -0.3 is 5.11 Å². The van der Waals surface area contributed by atoms with E-state index in [-0.39, 0.29) is 12.2 Å². The number of aromatic nitrogens is 1. The standard InChI is InChI=1S/C13H13FN2O/c14-12-5-3-10(4-6-12)8-13(15,17)11-2-1-7-16-9-11/h1-7,9,17H,8,15H2. The number of hydrogen-bond acceptors (Lipinski definition) is 3. The minimum absolute atomic E-state index is 0.207. The van der Waals surface area contributed by atoms with E-state index in [9.17, 15) is 9.50 Å². The maximum atomic E-state index is 12.7. The number of rotatable bonds is 3. The lowest BCUT2D eigenvalue weighted by atomic mass is 9.97. The summed E-state index contributed by atoms with van der Waals surface area (Å²) in [6, 6.07) is 9.30. The molecule has 88 valence electrons. The lowest BCUT2D eigenvalue weighted by Gasteiger charge is -2.23. The molecule has 0 aliphatic heterocycles. The third kappa shape index (κ3) is 2.87. The molecule has 1 aromatic heterocycles. The van der Waals surface area contributed by atoms with Crippen LogP contribution in [0.4, 0.5) is 4.39 Å². The molecular weight excluding hydrogens is 219 g/mol. The van der Waals surface area contributed by atoms with Crippen LogP contribution in [0.2, 0.25) is 0 Å². The fraction of sp³-hybridized carbons (Fsp3) is 0.154. The highest BCUT2D eigenvalue weighted by atomic mass is 19.1. The maximum absolute atomic E-state index is 12.7. The fourth-order valence-electron chi connectivity index (χ4n) is 1.63. The maximum Gasteiger partial charge on any atom is 0.145 e. The molecule has 3 nitrogen and oxygen atoms in total. The van der Waals surface area contributed by atoms with E-state index in [0.717, 1.165) is 5.56 Å². The Bertz CT molecular complexity index is 483. The van der Waals surface area contributed by atoms with Crippen molar-refractivity contribution in [2.24, 2.45) is 5.73 Å². The number of aliphatic hydroxyl groups is 1. The van der Waals surface area contributed by atoms with Crippen LogP contribution >= 0.6 is 0 Å². The largest absolute Gasteiger partial charge is 0.371 e. The monoisotopic (exact) mass is 232 g/mol. The quantitative estimate of drug-likeness (QED) is 0.790. The van der Waals surface area contributed by atoms with Gasteiger partial charge in [-0.05, 0) is 23.8 Å². The van der Waals surface area contributed by atoms with E-state index in [1.54, 1.807) is 30.5 Å². The zero-order chi connectivity index (χ0) is 12.3. The van der Waals surface area contributed by atoms with Gasteiger partial charge in [-0.2, -0.15) is 0 Å². The van der Waals surface area contributed by atoms with Crippen LogP contribution in [-0.2, 0) is 12.1 Å². The van der Waals surface area contributed by atoms with Crippen molar-refractivity contribution in [1.29, 1.82) is 0 Å². The number of nitrogens with two attached hydrogens (primary N) is 1. The van der Waals surface area contributed by atoms with Crippen LogP contribution in [0.3, 0.4) is 0 Å². The minimum Gasteiger partial charge on any atom is -0.371 e. The molecule has 0 spiro atoms. The lowest BCUT2D eigenvalue weighted by molar-refractivity contribution is 0.0435. The second-order valence-electron chi connectivity index (χ2n) is 3.97. The Balaban J connectivity index is 2.20. The highest BCUT2D eigenvalue weighted by Crippen LogP contribution is 2.19. The number of nitrogens with zero attached hydrogens (tertiary/aromatic N) is 1. The van der Waals surface area contributed by atoms with Crippen molar-refractivity contribution < 1.29 is 9.50 Å². The van der Waals surface area contributed by atoms with E-state index in [1.807, 2.05) is 0 Å². The van der Waals surface area contributed by atoms with E-state index >= 15 is 0 Å². The second kappa shape index (κ2) is 4.61. The zero-order valence-electron chi connectivity index (χ0n) is 9.18. The minimum atomic E-state index is -1.49. The van der Waals surface area contributed by atoms with Crippen molar-refractivity contribution in [3.05, 3.63) is 65.7 Å². The molecule has 1 atom stereocenters. The normalized spacial score (nSPS) is 14.3. The van der Waals surface area contributed by atoms with Gasteiger partial charge in [-0.15, -0.1) is 0 Å². The highest BCUT2D eigenvalue weighted by Gasteiger charge is 2.24. The molecule has 0 radical (unpaired) electrons. The van der Waals surface area contributed by atoms with E-state index < -0.39 is 5.72 Å². The summed E-state index contributed by atoms with van der Waals surface area (Å²) in [6.45, 7) is 0. The van der Waals surface area contributed by atoms with Gasteiger partial charge in [-0.1, -0.05) is 18.2 Å². The molecule has 0 saturated heterocycles. The Morgan fingerprint density at radius 1 is 1.24 bits per heavy atom. The molecule has 0 bridgehead atoms. The van der Waals surface area contributed by atoms with Gasteiger partial charge in [0.05, 0.1) is 0 Å². The van der Waals surface area contributed by atoms with E-state index in [4.69, 9.17) is 5.73 Å². The first-order valence-corrected chi connectivity index (χ1v) is 5.24. The van der Waals surface area contributed by atoms with Crippen LogP contribution in [0.1, 0.15) is 11.1 Å². The molecule has 0 fully saturated rings. The van der Waals surface area contributed by atoms with Crippen LogP contribution in [0.25, 0.3) is 0 Å². The molecule has 0 aliphatic carbocycles. The highest BCUT2D eigenvalue weighted by molar-refractivity contribution is 5.23. The Kier molecular flexibility index (Phi) is 3.17. The first kappa shape index (κ1) is 11.7. The van der Waals surface area contributed by atoms with E-state index in [2.05, 4.69) is 4.98 Å². The van der Waals surface area contributed by atoms with Gasteiger partial charge in [-0.3, -0.25) is 10.7 Å². The smallest absolute Gasteiger partial charge is 0.145 e. The van der Waals surface area contributed by atoms with Gasteiger partial charge in [0.1, 0.15) is 11.5 Å². The number of halogens is 1. The molecular formula is C13H13FN2O. The van der Waals surface area contributed by atoms with Gasteiger partial charge >= 0.3 is 0 Å². The second-order valence-corrected chi connectivity index (χ2v) is 3.97. The van der Waals surface area contributed by atoms with Crippen LogP contribution in [-0.4, -0.2) is 10.1 Å². The summed E-state index contributed by atoms with van der Waals surface area (Å²) in [5, 5.41) is 10.2. The predicted molar refractivity (Wildman–Crippen MR) is 62.4 cm³/mol. The van der Waals surface area contributed by atoms with Crippen molar-refractivity contribution in [2.75, 3.05) is 0 Å². The molecule has 0 aliphatic rings. The van der Waals surface area contributed by atoms with Crippen molar-refractivity contribution in [3.63, 3.8) is 0 Å². The molecule has 0 saturated carbocycles. The number of benzene rings is 1. The lowest BCUT2D eigenvalue weighted by Crippen LogP contribution is -2.38. The van der Waals surface area contributed by atoms with Gasteiger partial charge in [0, 0.05) is 24.4 Å². The Morgan fingerprint density at radius 3 is 2.53 bits per heavy atom. The van der Waals surface area contributed by atoms with Crippen LogP contribution in [0, 0.1) is 5.82 Å². The average Bonchev–Trinajstić information content (AvgIpc) is 2.33. The Hall–Kier alpha value is -1.78. The average molecular weight is 232 g/mol. The van der Waals surface area contributed by atoms with Gasteiger partial charge in [0.15, 0.2) is 0 Å². The summed E-state index contributed by atoms with van der Waals surface area (Å²) in [7, 11) is 0. The summed E-state index contributed by atoms with van der Waals surface area (Å²) < 4.78 is 12.7.